The van der Waals surface area contributed by atoms with Crippen molar-refractivity contribution in [3.8, 4) is 5.95 Å². The zero-order chi connectivity index (χ0) is 16.8. The van der Waals surface area contributed by atoms with Gasteiger partial charge in [-0.15, -0.1) is 15.3 Å². The second kappa shape index (κ2) is 5.50. The Morgan fingerprint density at radius 3 is 2.84 bits per heavy atom. The minimum Gasteiger partial charge on any atom is -0.445 e. The standard InChI is InChI=1S/C15H16N8O2/c24-14(12-19-15(21-20-12)23-7-16-17-8-23)22-5-4-11-10(6-22)18-13(25-11)9-2-1-3-9/h7-9H,1-6H2,(H,19,20,21). The molecule has 2 aliphatic rings. The van der Waals surface area contributed by atoms with Crippen LogP contribution in [0.3, 0.4) is 0 Å². The van der Waals surface area contributed by atoms with Crippen LogP contribution in [-0.2, 0) is 13.0 Å². The average molecular weight is 340 g/mol. The van der Waals surface area contributed by atoms with Gasteiger partial charge in [-0.2, -0.15) is 4.98 Å². The van der Waals surface area contributed by atoms with E-state index in [0.29, 0.717) is 31.4 Å². The van der Waals surface area contributed by atoms with Crippen LogP contribution in [0.2, 0.25) is 0 Å². The Hall–Kier alpha value is -3.04. The molecule has 0 saturated heterocycles. The monoisotopic (exact) mass is 340 g/mol. The quantitative estimate of drug-likeness (QED) is 0.750. The molecule has 0 aromatic carbocycles. The Balaban J connectivity index is 1.34. The lowest BCUT2D eigenvalue weighted by molar-refractivity contribution is 0.0716. The number of fused-ring (bicyclic) bond motifs is 1. The van der Waals surface area contributed by atoms with Crippen LogP contribution >= 0.6 is 0 Å². The largest absolute Gasteiger partial charge is 0.445 e. The lowest BCUT2D eigenvalue weighted by atomic mass is 9.85. The second-order valence-corrected chi connectivity index (χ2v) is 6.38. The third-order valence-electron chi connectivity index (χ3n) is 4.81. The first-order valence-electron chi connectivity index (χ1n) is 8.33. The number of carbonyl (C=O) groups is 1. The summed E-state index contributed by atoms with van der Waals surface area (Å²) in [5.74, 6) is 2.52. The van der Waals surface area contributed by atoms with Crippen molar-refractivity contribution >= 4 is 5.91 Å². The third kappa shape index (κ3) is 2.41. The van der Waals surface area contributed by atoms with Gasteiger partial charge in [0.1, 0.15) is 24.1 Å². The zero-order valence-corrected chi connectivity index (χ0v) is 13.4. The van der Waals surface area contributed by atoms with E-state index < -0.39 is 0 Å². The lowest BCUT2D eigenvalue weighted by Gasteiger charge is -2.24. The zero-order valence-electron chi connectivity index (χ0n) is 13.4. The normalized spacial score (nSPS) is 17.4. The molecule has 0 unspecified atom stereocenters. The van der Waals surface area contributed by atoms with E-state index in [2.05, 4.69) is 30.4 Å². The Morgan fingerprint density at radius 1 is 1.24 bits per heavy atom. The fourth-order valence-corrected chi connectivity index (χ4v) is 3.14. The van der Waals surface area contributed by atoms with Crippen molar-refractivity contribution in [1.82, 2.24) is 39.8 Å². The van der Waals surface area contributed by atoms with Crippen LogP contribution in [0.4, 0.5) is 0 Å². The summed E-state index contributed by atoms with van der Waals surface area (Å²) < 4.78 is 7.43. The molecule has 4 heterocycles. The smallest absolute Gasteiger partial charge is 0.291 e. The molecule has 1 N–H and O–H groups in total. The molecule has 1 amide bonds. The number of aromatic amines is 1. The second-order valence-electron chi connectivity index (χ2n) is 6.38. The van der Waals surface area contributed by atoms with Crippen LogP contribution in [0.5, 0.6) is 0 Å². The van der Waals surface area contributed by atoms with E-state index in [0.717, 1.165) is 30.2 Å². The molecule has 128 valence electrons. The van der Waals surface area contributed by atoms with Gasteiger partial charge < -0.3 is 9.32 Å². The van der Waals surface area contributed by atoms with Crippen LogP contribution in [0, 0.1) is 0 Å². The molecule has 1 saturated carbocycles. The number of oxazole rings is 1. The number of hydrogen-bond acceptors (Lipinski definition) is 7. The molecule has 3 aromatic rings. The molecule has 0 radical (unpaired) electrons. The van der Waals surface area contributed by atoms with Crippen molar-refractivity contribution in [1.29, 1.82) is 0 Å². The summed E-state index contributed by atoms with van der Waals surface area (Å²) in [5, 5.41) is 14.1. The maximum absolute atomic E-state index is 12.7. The highest BCUT2D eigenvalue weighted by Gasteiger charge is 2.31. The summed E-state index contributed by atoms with van der Waals surface area (Å²) >= 11 is 0. The van der Waals surface area contributed by atoms with E-state index in [9.17, 15) is 4.79 Å². The summed E-state index contributed by atoms with van der Waals surface area (Å²) in [6, 6.07) is 0. The SMILES string of the molecule is O=C(c1nc(-n2cnnc2)n[nH]1)N1CCc2oc(C3CCC3)nc2C1. The third-order valence-corrected chi connectivity index (χ3v) is 4.81. The molecular formula is C15H16N8O2. The van der Waals surface area contributed by atoms with Crippen LogP contribution in [0.1, 0.15) is 53.1 Å². The minimum absolute atomic E-state index is 0.190. The summed E-state index contributed by atoms with van der Waals surface area (Å²) in [5.41, 5.74) is 0.861. The van der Waals surface area contributed by atoms with Gasteiger partial charge in [-0.3, -0.25) is 14.5 Å². The van der Waals surface area contributed by atoms with Gasteiger partial charge in [0.25, 0.3) is 11.9 Å². The first-order chi connectivity index (χ1) is 12.3. The number of aromatic nitrogens is 7. The Labute approximate surface area is 142 Å². The van der Waals surface area contributed by atoms with Gasteiger partial charge in [-0.1, -0.05) is 6.42 Å². The Bertz CT molecular complexity index is 908. The van der Waals surface area contributed by atoms with Crippen LogP contribution in [-0.4, -0.2) is 52.3 Å². The maximum Gasteiger partial charge on any atom is 0.291 e. The number of carbonyl (C=O) groups excluding carboxylic acids is 1. The molecule has 10 nitrogen and oxygen atoms in total. The van der Waals surface area contributed by atoms with Gasteiger partial charge in [-0.05, 0) is 12.8 Å². The molecule has 5 rings (SSSR count). The van der Waals surface area contributed by atoms with Crippen LogP contribution < -0.4 is 0 Å². The van der Waals surface area contributed by atoms with Gasteiger partial charge in [0.15, 0.2) is 5.89 Å². The molecule has 1 aliphatic heterocycles. The van der Waals surface area contributed by atoms with Crippen molar-refractivity contribution < 1.29 is 9.21 Å². The summed E-state index contributed by atoms with van der Waals surface area (Å²) in [4.78, 5) is 23.2. The van der Waals surface area contributed by atoms with E-state index in [1.54, 1.807) is 4.90 Å². The fraction of sp³-hybridized carbons (Fsp3) is 0.467. The van der Waals surface area contributed by atoms with E-state index in [1.165, 1.54) is 23.6 Å². The van der Waals surface area contributed by atoms with Crippen LogP contribution in [0.25, 0.3) is 5.95 Å². The molecule has 1 fully saturated rings. The van der Waals surface area contributed by atoms with Gasteiger partial charge in [-0.25, -0.2) is 4.98 Å². The number of nitrogens with one attached hydrogen (secondary N) is 1. The van der Waals surface area contributed by atoms with Gasteiger partial charge in [0, 0.05) is 18.9 Å². The van der Waals surface area contributed by atoms with E-state index in [4.69, 9.17) is 4.42 Å². The molecule has 3 aromatic heterocycles. The van der Waals surface area contributed by atoms with Crippen molar-refractivity contribution in [3.05, 3.63) is 35.8 Å². The van der Waals surface area contributed by atoms with Crippen molar-refractivity contribution in [2.45, 2.75) is 38.1 Å². The van der Waals surface area contributed by atoms with Gasteiger partial charge >= 0.3 is 0 Å². The Morgan fingerprint density at radius 2 is 2.08 bits per heavy atom. The molecule has 25 heavy (non-hydrogen) atoms. The highest BCUT2D eigenvalue weighted by Crippen LogP contribution is 2.37. The number of rotatable bonds is 3. The van der Waals surface area contributed by atoms with Crippen molar-refractivity contribution in [2.24, 2.45) is 0 Å². The number of amides is 1. The molecule has 0 atom stereocenters. The molecular weight excluding hydrogens is 324 g/mol. The van der Waals surface area contributed by atoms with E-state index in [-0.39, 0.29) is 11.7 Å². The van der Waals surface area contributed by atoms with Crippen molar-refractivity contribution in [3.63, 3.8) is 0 Å². The van der Waals surface area contributed by atoms with E-state index >= 15 is 0 Å². The number of hydrogen-bond donors (Lipinski definition) is 1. The first-order valence-corrected chi connectivity index (χ1v) is 8.33. The molecule has 0 bridgehead atoms. The van der Waals surface area contributed by atoms with E-state index in [1.807, 2.05) is 0 Å². The number of H-pyrrole nitrogens is 1. The molecule has 0 spiro atoms. The van der Waals surface area contributed by atoms with Crippen LogP contribution in [0.15, 0.2) is 17.1 Å². The fourth-order valence-electron chi connectivity index (χ4n) is 3.14. The predicted octanol–water partition coefficient (Wildman–Crippen LogP) is 0.839. The summed E-state index contributed by atoms with van der Waals surface area (Å²) in [6.45, 7) is 1.01. The molecule has 10 heteroatoms. The average Bonchev–Trinajstić information content (AvgIpc) is 3.30. The van der Waals surface area contributed by atoms with Gasteiger partial charge in [0.05, 0.1) is 6.54 Å². The number of nitrogens with zero attached hydrogens (tertiary/aromatic N) is 7. The highest BCUT2D eigenvalue weighted by molar-refractivity contribution is 5.90. The van der Waals surface area contributed by atoms with Crippen molar-refractivity contribution in [2.75, 3.05) is 6.54 Å². The summed E-state index contributed by atoms with van der Waals surface area (Å²) in [6.07, 6.45) is 7.15. The minimum atomic E-state index is -0.203. The van der Waals surface area contributed by atoms with Gasteiger partial charge in [0.2, 0.25) is 5.82 Å². The topological polar surface area (TPSA) is 119 Å². The highest BCUT2D eigenvalue weighted by atomic mass is 16.4. The molecule has 1 aliphatic carbocycles. The lowest BCUT2D eigenvalue weighted by Crippen LogP contribution is -2.36. The predicted molar refractivity (Wildman–Crippen MR) is 82.8 cm³/mol. The first kappa shape index (κ1) is 14.3. The summed E-state index contributed by atoms with van der Waals surface area (Å²) in [7, 11) is 0. The Kier molecular flexibility index (Phi) is 3.15. The maximum atomic E-state index is 12.7.